The molecule has 0 fully saturated rings. The molecule has 18 heavy (non-hydrogen) atoms. The lowest BCUT2D eigenvalue weighted by atomic mass is 10.1. The molecule has 1 aromatic carbocycles. The van der Waals surface area contributed by atoms with Crippen LogP contribution >= 0.6 is 0 Å². The number of aromatic amines is 1. The monoisotopic (exact) mass is 245 g/mol. The van der Waals surface area contributed by atoms with Crippen molar-refractivity contribution < 1.29 is 9.53 Å². The van der Waals surface area contributed by atoms with Crippen LogP contribution in [0.15, 0.2) is 30.6 Å². The van der Waals surface area contributed by atoms with Gasteiger partial charge >= 0.3 is 0 Å². The molecule has 2 rings (SSSR count). The van der Waals surface area contributed by atoms with E-state index in [0.29, 0.717) is 11.4 Å². The number of benzene rings is 1. The van der Waals surface area contributed by atoms with Crippen LogP contribution in [0.4, 0.5) is 5.69 Å². The van der Waals surface area contributed by atoms with Crippen LogP contribution in [0, 0.1) is 13.8 Å². The summed E-state index contributed by atoms with van der Waals surface area (Å²) in [6, 6.07) is 5.74. The van der Waals surface area contributed by atoms with E-state index in [0.717, 1.165) is 5.56 Å². The van der Waals surface area contributed by atoms with Gasteiger partial charge in [0.1, 0.15) is 5.75 Å². The highest BCUT2D eigenvalue weighted by Crippen LogP contribution is 2.16. The summed E-state index contributed by atoms with van der Waals surface area (Å²) in [5, 5.41) is 9.01. The molecule has 0 saturated heterocycles. The Labute approximate surface area is 105 Å². The van der Waals surface area contributed by atoms with Gasteiger partial charge in [-0.25, -0.2) is 0 Å². The average Bonchev–Trinajstić information content (AvgIpc) is 2.83. The molecule has 2 N–H and O–H groups in total. The number of hydrogen-bond donors (Lipinski definition) is 2. The van der Waals surface area contributed by atoms with E-state index < -0.39 is 0 Å². The first-order valence-electron chi connectivity index (χ1n) is 5.64. The molecule has 2 aromatic rings. The normalized spacial score (nSPS) is 10.1. The molecule has 0 atom stereocenters. The largest absolute Gasteiger partial charge is 0.484 e. The number of aromatic nitrogens is 2. The molecule has 94 valence electrons. The number of nitrogens with one attached hydrogen (secondary N) is 2. The maximum atomic E-state index is 11.6. The van der Waals surface area contributed by atoms with Gasteiger partial charge in [-0.15, -0.1) is 0 Å². The van der Waals surface area contributed by atoms with E-state index in [-0.39, 0.29) is 12.5 Å². The molecule has 1 heterocycles. The van der Waals surface area contributed by atoms with E-state index in [1.54, 1.807) is 6.20 Å². The van der Waals surface area contributed by atoms with E-state index in [1.807, 2.05) is 32.0 Å². The lowest BCUT2D eigenvalue weighted by Gasteiger charge is -2.08. The fourth-order valence-electron chi connectivity index (χ4n) is 1.47. The molecule has 0 aliphatic carbocycles. The van der Waals surface area contributed by atoms with Crippen molar-refractivity contribution in [1.29, 1.82) is 0 Å². The standard InChI is InChI=1S/C13H15N3O2/c1-9-3-4-12(5-10(9)2)18-8-13(17)16-11-6-14-15-7-11/h3-7H,8H2,1-2H3,(H,14,15)(H,16,17). The van der Waals surface area contributed by atoms with Gasteiger partial charge in [0, 0.05) is 6.20 Å². The van der Waals surface area contributed by atoms with Crippen LogP contribution in [0.3, 0.4) is 0 Å². The Balaban J connectivity index is 1.87. The second-order valence-electron chi connectivity index (χ2n) is 4.07. The van der Waals surface area contributed by atoms with Gasteiger partial charge in [0.25, 0.3) is 5.91 Å². The summed E-state index contributed by atoms with van der Waals surface area (Å²) in [4.78, 5) is 11.6. The van der Waals surface area contributed by atoms with Gasteiger partial charge in [-0.2, -0.15) is 5.10 Å². The molecule has 0 radical (unpaired) electrons. The molecule has 5 heteroatoms. The van der Waals surface area contributed by atoms with E-state index in [2.05, 4.69) is 15.5 Å². The highest BCUT2D eigenvalue weighted by Gasteiger charge is 2.04. The first kappa shape index (κ1) is 12.2. The number of H-pyrrole nitrogens is 1. The molecule has 1 aromatic heterocycles. The van der Waals surface area contributed by atoms with Gasteiger partial charge in [-0.05, 0) is 37.1 Å². The molecule has 0 bridgehead atoms. The second-order valence-corrected chi connectivity index (χ2v) is 4.07. The first-order chi connectivity index (χ1) is 8.65. The number of hydrogen-bond acceptors (Lipinski definition) is 3. The Kier molecular flexibility index (Phi) is 3.62. The number of ether oxygens (including phenoxy) is 1. The summed E-state index contributed by atoms with van der Waals surface area (Å²) in [5.74, 6) is 0.482. The smallest absolute Gasteiger partial charge is 0.262 e. The lowest BCUT2D eigenvalue weighted by Crippen LogP contribution is -2.19. The van der Waals surface area contributed by atoms with Crippen molar-refractivity contribution in [1.82, 2.24) is 10.2 Å². The zero-order chi connectivity index (χ0) is 13.0. The Hall–Kier alpha value is -2.30. The predicted molar refractivity (Wildman–Crippen MR) is 68.6 cm³/mol. The van der Waals surface area contributed by atoms with E-state index >= 15 is 0 Å². The van der Waals surface area contributed by atoms with E-state index in [9.17, 15) is 4.79 Å². The summed E-state index contributed by atoms with van der Waals surface area (Å²) >= 11 is 0. The van der Waals surface area contributed by atoms with Crippen molar-refractivity contribution in [3.8, 4) is 5.75 Å². The van der Waals surface area contributed by atoms with Crippen LogP contribution < -0.4 is 10.1 Å². The number of amides is 1. The van der Waals surface area contributed by atoms with Gasteiger partial charge < -0.3 is 10.1 Å². The number of rotatable bonds is 4. The Morgan fingerprint density at radius 2 is 2.22 bits per heavy atom. The molecule has 0 saturated carbocycles. The molecule has 0 spiro atoms. The summed E-state index contributed by atoms with van der Waals surface area (Å²) < 4.78 is 5.41. The number of aryl methyl sites for hydroxylation is 2. The molecular formula is C13H15N3O2. The molecule has 0 unspecified atom stereocenters. The lowest BCUT2D eigenvalue weighted by molar-refractivity contribution is -0.118. The topological polar surface area (TPSA) is 67.0 Å². The molecule has 0 aliphatic heterocycles. The minimum absolute atomic E-state index is 0.0202. The second kappa shape index (κ2) is 5.35. The number of nitrogens with zero attached hydrogens (tertiary/aromatic N) is 1. The zero-order valence-electron chi connectivity index (χ0n) is 10.4. The van der Waals surface area contributed by atoms with Gasteiger partial charge in [0.15, 0.2) is 6.61 Å². The maximum absolute atomic E-state index is 11.6. The van der Waals surface area contributed by atoms with Crippen molar-refractivity contribution in [2.45, 2.75) is 13.8 Å². The summed E-state index contributed by atoms with van der Waals surface area (Å²) in [6.07, 6.45) is 3.14. The third kappa shape index (κ3) is 3.10. The van der Waals surface area contributed by atoms with Crippen LogP contribution in [0.2, 0.25) is 0 Å². The van der Waals surface area contributed by atoms with Gasteiger partial charge in [0.2, 0.25) is 0 Å². The third-order valence-corrected chi connectivity index (χ3v) is 2.63. The van der Waals surface area contributed by atoms with Crippen LogP contribution in [0.5, 0.6) is 5.75 Å². The SMILES string of the molecule is Cc1ccc(OCC(=O)Nc2cn[nH]c2)cc1C. The highest BCUT2D eigenvalue weighted by atomic mass is 16.5. The van der Waals surface area contributed by atoms with Gasteiger partial charge in [0.05, 0.1) is 11.9 Å². The maximum Gasteiger partial charge on any atom is 0.262 e. The van der Waals surface area contributed by atoms with Gasteiger partial charge in [-0.1, -0.05) is 6.07 Å². The number of anilines is 1. The van der Waals surface area contributed by atoms with Crippen LogP contribution in [0.1, 0.15) is 11.1 Å². The van der Waals surface area contributed by atoms with Crippen molar-refractivity contribution >= 4 is 11.6 Å². The minimum atomic E-state index is -0.213. The Bertz CT molecular complexity index is 535. The average molecular weight is 245 g/mol. The molecule has 1 amide bonds. The van der Waals surface area contributed by atoms with E-state index in [4.69, 9.17) is 4.74 Å². The molecule has 0 aliphatic rings. The summed E-state index contributed by atoms with van der Waals surface area (Å²) in [5.41, 5.74) is 2.97. The minimum Gasteiger partial charge on any atom is -0.484 e. The Morgan fingerprint density at radius 1 is 1.39 bits per heavy atom. The molecule has 5 nitrogen and oxygen atoms in total. The van der Waals surface area contributed by atoms with Gasteiger partial charge in [-0.3, -0.25) is 9.89 Å². The predicted octanol–water partition coefficient (Wildman–Crippen LogP) is 2.04. The highest BCUT2D eigenvalue weighted by molar-refractivity contribution is 5.91. The Morgan fingerprint density at radius 3 is 2.89 bits per heavy atom. The van der Waals surface area contributed by atoms with Crippen molar-refractivity contribution in [3.05, 3.63) is 41.7 Å². The number of carbonyl (C=O) groups is 1. The molecular weight excluding hydrogens is 230 g/mol. The van der Waals surface area contributed by atoms with Crippen molar-refractivity contribution in [3.63, 3.8) is 0 Å². The van der Waals surface area contributed by atoms with E-state index in [1.165, 1.54) is 11.8 Å². The van der Waals surface area contributed by atoms with Crippen LogP contribution in [-0.2, 0) is 4.79 Å². The van der Waals surface area contributed by atoms with Crippen molar-refractivity contribution in [2.24, 2.45) is 0 Å². The van der Waals surface area contributed by atoms with Crippen molar-refractivity contribution in [2.75, 3.05) is 11.9 Å². The van der Waals surface area contributed by atoms with Crippen LogP contribution in [0.25, 0.3) is 0 Å². The summed E-state index contributed by atoms with van der Waals surface area (Å²) in [6.45, 7) is 4.02. The quantitative estimate of drug-likeness (QED) is 0.866. The van der Waals surface area contributed by atoms with Crippen LogP contribution in [-0.4, -0.2) is 22.7 Å². The summed E-state index contributed by atoms with van der Waals surface area (Å²) in [7, 11) is 0. The fourth-order valence-corrected chi connectivity index (χ4v) is 1.47. The third-order valence-electron chi connectivity index (χ3n) is 2.63. The first-order valence-corrected chi connectivity index (χ1v) is 5.64. The fraction of sp³-hybridized carbons (Fsp3) is 0.231. The zero-order valence-corrected chi connectivity index (χ0v) is 10.4. The number of carbonyl (C=O) groups excluding carboxylic acids is 1.